The van der Waals surface area contributed by atoms with E-state index in [0.29, 0.717) is 6.42 Å². The van der Waals surface area contributed by atoms with Crippen molar-refractivity contribution in [3.63, 3.8) is 0 Å². The first-order chi connectivity index (χ1) is 6.06. The smallest absolute Gasteiger partial charge is 0.106 e. The molecule has 0 spiro atoms. The number of hydrogen-bond acceptors (Lipinski definition) is 2. The monoisotopic (exact) mass is 182 g/mol. The molecule has 13 heavy (non-hydrogen) atoms. The Morgan fingerprint density at radius 1 is 1.54 bits per heavy atom. The molecule has 0 radical (unpaired) electrons. The Morgan fingerprint density at radius 3 is 2.69 bits per heavy atom. The molecule has 1 rings (SSSR count). The maximum atomic E-state index is 9.89. The van der Waals surface area contributed by atoms with E-state index in [4.69, 9.17) is 4.42 Å². The van der Waals surface area contributed by atoms with Crippen LogP contribution in [0.3, 0.4) is 0 Å². The van der Waals surface area contributed by atoms with Crippen LogP contribution in [0.25, 0.3) is 0 Å². The normalized spacial score (nSPS) is 14.5. The Kier molecular flexibility index (Phi) is 3.15. The highest BCUT2D eigenvalue weighted by Gasteiger charge is 2.26. The number of furan rings is 1. The summed E-state index contributed by atoms with van der Waals surface area (Å²) in [5.41, 5.74) is -0.0349. The summed E-state index contributed by atoms with van der Waals surface area (Å²) in [4.78, 5) is 0. The quantitative estimate of drug-likeness (QED) is 0.776. The van der Waals surface area contributed by atoms with E-state index in [-0.39, 0.29) is 11.5 Å². The van der Waals surface area contributed by atoms with Crippen molar-refractivity contribution in [3.05, 3.63) is 24.2 Å². The van der Waals surface area contributed by atoms with Gasteiger partial charge in [0.2, 0.25) is 0 Å². The van der Waals surface area contributed by atoms with Gasteiger partial charge >= 0.3 is 0 Å². The first kappa shape index (κ1) is 10.3. The van der Waals surface area contributed by atoms with E-state index in [9.17, 15) is 5.11 Å². The van der Waals surface area contributed by atoms with E-state index in [1.165, 1.54) is 0 Å². The zero-order valence-corrected chi connectivity index (χ0v) is 8.58. The van der Waals surface area contributed by atoms with Crippen molar-refractivity contribution < 1.29 is 9.52 Å². The lowest BCUT2D eigenvalue weighted by Gasteiger charge is -2.28. The van der Waals surface area contributed by atoms with Gasteiger partial charge in [0, 0.05) is 6.42 Å². The van der Waals surface area contributed by atoms with Gasteiger partial charge < -0.3 is 9.52 Å². The predicted octanol–water partition coefficient (Wildman–Crippen LogP) is 2.62. The molecule has 0 amide bonds. The highest BCUT2D eigenvalue weighted by molar-refractivity contribution is 5.00. The average Bonchev–Trinajstić information content (AvgIpc) is 2.57. The maximum Gasteiger partial charge on any atom is 0.106 e. The summed E-state index contributed by atoms with van der Waals surface area (Å²) in [5.74, 6) is 0.856. The van der Waals surface area contributed by atoms with E-state index in [1.807, 2.05) is 12.1 Å². The van der Waals surface area contributed by atoms with Gasteiger partial charge in [-0.2, -0.15) is 0 Å². The van der Waals surface area contributed by atoms with Crippen molar-refractivity contribution in [2.75, 3.05) is 0 Å². The highest BCUT2D eigenvalue weighted by atomic mass is 16.3. The summed E-state index contributed by atoms with van der Waals surface area (Å²) in [6.07, 6.45) is 2.88. The zero-order valence-electron chi connectivity index (χ0n) is 8.58. The molecule has 1 atom stereocenters. The lowest BCUT2D eigenvalue weighted by molar-refractivity contribution is 0.0439. The molecule has 1 aromatic rings. The molecule has 0 saturated heterocycles. The predicted molar refractivity (Wildman–Crippen MR) is 52.5 cm³/mol. The molecule has 0 aliphatic rings. The molecule has 0 bridgehead atoms. The van der Waals surface area contributed by atoms with E-state index >= 15 is 0 Å². The minimum Gasteiger partial charge on any atom is -0.469 e. The van der Waals surface area contributed by atoms with Crippen LogP contribution in [-0.4, -0.2) is 11.2 Å². The average molecular weight is 182 g/mol. The molecule has 0 aliphatic carbocycles. The second-order valence-corrected chi connectivity index (χ2v) is 4.14. The molecular formula is C11H18O2. The third-order valence-electron chi connectivity index (χ3n) is 2.79. The summed E-state index contributed by atoms with van der Waals surface area (Å²) in [6.45, 7) is 6.23. The van der Waals surface area contributed by atoms with E-state index in [1.54, 1.807) is 6.26 Å². The maximum absolute atomic E-state index is 9.89. The molecule has 1 aromatic heterocycles. The summed E-state index contributed by atoms with van der Waals surface area (Å²) in [5, 5.41) is 9.89. The van der Waals surface area contributed by atoms with Crippen LogP contribution in [0.2, 0.25) is 0 Å². The van der Waals surface area contributed by atoms with Crippen molar-refractivity contribution in [1.82, 2.24) is 0 Å². The molecule has 0 aliphatic heterocycles. The van der Waals surface area contributed by atoms with Crippen molar-refractivity contribution in [2.24, 2.45) is 5.41 Å². The number of rotatable bonds is 4. The number of aliphatic hydroxyl groups excluding tert-OH is 1. The van der Waals surface area contributed by atoms with E-state index in [0.717, 1.165) is 12.2 Å². The Hall–Kier alpha value is -0.760. The zero-order chi connectivity index (χ0) is 9.90. The standard InChI is InChI=1S/C11H18O2/c1-4-11(2,3)10(12)8-9-6-5-7-13-9/h5-7,10,12H,4,8H2,1-3H3. The van der Waals surface area contributed by atoms with Crippen LogP contribution in [0.4, 0.5) is 0 Å². The lowest BCUT2D eigenvalue weighted by atomic mass is 9.82. The van der Waals surface area contributed by atoms with Gasteiger partial charge in [0.25, 0.3) is 0 Å². The van der Waals surface area contributed by atoms with Gasteiger partial charge in [-0.05, 0) is 24.0 Å². The molecule has 1 heterocycles. The third-order valence-corrected chi connectivity index (χ3v) is 2.79. The van der Waals surface area contributed by atoms with Gasteiger partial charge in [-0.1, -0.05) is 20.8 Å². The molecule has 1 unspecified atom stereocenters. The summed E-state index contributed by atoms with van der Waals surface area (Å²) in [6, 6.07) is 3.75. The lowest BCUT2D eigenvalue weighted by Crippen LogP contribution is -2.30. The van der Waals surface area contributed by atoms with E-state index in [2.05, 4.69) is 20.8 Å². The molecule has 0 saturated carbocycles. The number of hydrogen-bond donors (Lipinski definition) is 1. The van der Waals surface area contributed by atoms with Gasteiger partial charge in [-0.15, -0.1) is 0 Å². The fourth-order valence-electron chi connectivity index (χ4n) is 1.13. The Labute approximate surface area is 79.6 Å². The fraction of sp³-hybridized carbons (Fsp3) is 0.636. The highest BCUT2D eigenvalue weighted by Crippen LogP contribution is 2.27. The minimum atomic E-state index is -0.330. The van der Waals surface area contributed by atoms with Crippen LogP contribution < -0.4 is 0 Å². The molecule has 2 nitrogen and oxygen atoms in total. The third kappa shape index (κ3) is 2.59. The van der Waals surface area contributed by atoms with Crippen molar-refractivity contribution in [1.29, 1.82) is 0 Å². The van der Waals surface area contributed by atoms with Crippen LogP contribution in [-0.2, 0) is 6.42 Å². The van der Waals surface area contributed by atoms with Gasteiger partial charge in [0.05, 0.1) is 12.4 Å². The van der Waals surface area contributed by atoms with Gasteiger partial charge in [0.15, 0.2) is 0 Å². The summed E-state index contributed by atoms with van der Waals surface area (Å²) < 4.78 is 5.18. The van der Waals surface area contributed by atoms with Crippen LogP contribution in [0, 0.1) is 5.41 Å². The van der Waals surface area contributed by atoms with Crippen LogP contribution >= 0.6 is 0 Å². The molecule has 0 aromatic carbocycles. The van der Waals surface area contributed by atoms with Gasteiger partial charge in [0.1, 0.15) is 5.76 Å². The molecule has 74 valence electrons. The SMILES string of the molecule is CCC(C)(C)C(O)Cc1ccco1. The van der Waals surface area contributed by atoms with Gasteiger partial charge in [-0.25, -0.2) is 0 Å². The fourth-order valence-corrected chi connectivity index (χ4v) is 1.13. The molecule has 1 N–H and O–H groups in total. The second-order valence-electron chi connectivity index (χ2n) is 4.14. The second kappa shape index (κ2) is 3.97. The van der Waals surface area contributed by atoms with Crippen LogP contribution in [0.5, 0.6) is 0 Å². The molecule has 2 heteroatoms. The van der Waals surface area contributed by atoms with Gasteiger partial charge in [-0.3, -0.25) is 0 Å². The Balaban J connectivity index is 2.55. The van der Waals surface area contributed by atoms with E-state index < -0.39 is 0 Å². The first-order valence-electron chi connectivity index (χ1n) is 4.76. The largest absolute Gasteiger partial charge is 0.469 e. The Morgan fingerprint density at radius 2 is 2.23 bits per heavy atom. The minimum absolute atomic E-state index is 0.0349. The summed E-state index contributed by atoms with van der Waals surface area (Å²) in [7, 11) is 0. The first-order valence-corrected chi connectivity index (χ1v) is 4.76. The van der Waals surface area contributed by atoms with Crippen LogP contribution in [0.15, 0.2) is 22.8 Å². The molecular weight excluding hydrogens is 164 g/mol. The molecule has 0 fully saturated rings. The Bertz CT molecular complexity index is 237. The van der Waals surface area contributed by atoms with Crippen LogP contribution in [0.1, 0.15) is 33.0 Å². The topological polar surface area (TPSA) is 33.4 Å². The summed E-state index contributed by atoms with van der Waals surface area (Å²) >= 11 is 0. The van der Waals surface area contributed by atoms with Crippen molar-refractivity contribution in [2.45, 2.75) is 39.7 Å². The van der Waals surface area contributed by atoms with Crippen molar-refractivity contribution in [3.8, 4) is 0 Å². The number of aliphatic hydroxyl groups is 1. The van der Waals surface area contributed by atoms with Crippen molar-refractivity contribution >= 4 is 0 Å².